The number of aromatic nitrogens is 2. The monoisotopic (exact) mass is 311 g/mol. The summed E-state index contributed by atoms with van der Waals surface area (Å²) in [5.41, 5.74) is 3.80. The summed E-state index contributed by atoms with van der Waals surface area (Å²) in [6, 6.07) is 13.8. The number of fused-ring (bicyclic) bond motifs is 1. The van der Waals surface area contributed by atoms with Gasteiger partial charge in [0.25, 0.3) is 0 Å². The quantitative estimate of drug-likeness (QED) is 0.695. The molecule has 23 heavy (non-hydrogen) atoms. The van der Waals surface area contributed by atoms with Gasteiger partial charge in [-0.1, -0.05) is 52.0 Å². The Morgan fingerprint density at radius 1 is 1.04 bits per heavy atom. The van der Waals surface area contributed by atoms with Crippen LogP contribution in [0.1, 0.15) is 33.3 Å². The Morgan fingerprint density at radius 3 is 2.43 bits per heavy atom. The van der Waals surface area contributed by atoms with Crippen LogP contribution < -0.4 is 5.32 Å². The number of carbonyl (C=O) groups is 1. The molecule has 1 heterocycles. The lowest BCUT2D eigenvalue weighted by atomic mass is 10.2. The van der Waals surface area contributed by atoms with E-state index in [-0.39, 0.29) is 0 Å². The topological polar surface area (TPSA) is 46.9 Å². The Balaban J connectivity index is 0.000000615. The van der Waals surface area contributed by atoms with Gasteiger partial charge in [-0.3, -0.25) is 4.79 Å². The number of nitrogens with one attached hydrogen (secondary N) is 1. The Labute approximate surface area is 138 Å². The molecule has 0 saturated heterocycles. The van der Waals surface area contributed by atoms with E-state index in [0.29, 0.717) is 6.41 Å². The predicted octanol–water partition coefficient (Wildman–Crippen LogP) is 4.95. The Kier molecular flexibility index (Phi) is 7.54. The van der Waals surface area contributed by atoms with Crippen molar-refractivity contribution in [3.8, 4) is 5.69 Å². The summed E-state index contributed by atoms with van der Waals surface area (Å²) in [7, 11) is 0. The molecule has 0 aliphatic carbocycles. The van der Waals surface area contributed by atoms with Crippen LogP contribution >= 0.6 is 0 Å². The van der Waals surface area contributed by atoms with E-state index >= 15 is 0 Å². The minimum atomic E-state index is 0.676. The molecule has 0 fully saturated rings. The molecule has 0 radical (unpaired) electrons. The number of benzene rings is 2. The summed E-state index contributed by atoms with van der Waals surface area (Å²) in [4.78, 5) is 10.7. The van der Waals surface area contributed by atoms with Crippen LogP contribution in [0.2, 0.25) is 0 Å². The first-order valence-electron chi connectivity index (χ1n) is 8.03. The fourth-order valence-corrected chi connectivity index (χ4v) is 2.16. The molecule has 0 atom stereocenters. The van der Waals surface area contributed by atoms with Crippen LogP contribution in [0, 0.1) is 6.92 Å². The number of hydrogen-bond donors (Lipinski definition) is 1. The van der Waals surface area contributed by atoms with E-state index in [2.05, 4.69) is 22.5 Å². The molecule has 1 amide bonds. The van der Waals surface area contributed by atoms with Gasteiger partial charge in [-0.05, 0) is 30.7 Å². The second-order valence-corrected chi connectivity index (χ2v) is 4.40. The highest BCUT2D eigenvalue weighted by atomic mass is 16.1. The van der Waals surface area contributed by atoms with Crippen molar-refractivity contribution >= 4 is 23.0 Å². The zero-order chi connectivity index (χ0) is 17.2. The number of amides is 1. The number of anilines is 1. The van der Waals surface area contributed by atoms with Crippen LogP contribution in [0.25, 0.3) is 16.6 Å². The fourth-order valence-electron chi connectivity index (χ4n) is 2.16. The predicted molar refractivity (Wildman–Crippen MR) is 98.2 cm³/mol. The highest BCUT2D eigenvalue weighted by Crippen LogP contribution is 2.24. The fraction of sp³-hybridized carbons (Fsp3) is 0.263. The maximum atomic E-state index is 10.7. The summed E-state index contributed by atoms with van der Waals surface area (Å²) in [6.45, 7) is 10.0. The average Bonchev–Trinajstić information content (AvgIpc) is 3.02. The van der Waals surface area contributed by atoms with Gasteiger partial charge in [0, 0.05) is 5.39 Å². The minimum absolute atomic E-state index is 0.676. The van der Waals surface area contributed by atoms with Crippen molar-refractivity contribution in [2.24, 2.45) is 0 Å². The van der Waals surface area contributed by atoms with Gasteiger partial charge in [0.15, 0.2) is 0 Å². The van der Waals surface area contributed by atoms with Gasteiger partial charge in [-0.15, -0.1) is 0 Å². The van der Waals surface area contributed by atoms with Crippen LogP contribution in [0.3, 0.4) is 0 Å². The third-order valence-corrected chi connectivity index (χ3v) is 3.07. The Bertz CT molecular complexity index is 747. The molecular weight excluding hydrogens is 286 g/mol. The van der Waals surface area contributed by atoms with Crippen molar-refractivity contribution in [2.45, 2.75) is 34.6 Å². The minimum Gasteiger partial charge on any atom is -0.327 e. The van der Waals surface area contributed by atoms with Gasteiger partial charge in [-0.2, -0.15) is 5.10 Å². The number of nitrogens with zero attached hydrogens (tertiary/aromatic N) is 2. The third-order valence-electron chi connectivity index (χ3n) is 3.07. The normalized spacial score (nSPS) is 9.26. The molecule has 0 aliphatic heterocycles. The zero-order valence-electron chi connectivity index (χ0n) is 14.5. The molecule has 122 valence electrons. The molecule has 0 aliphatic rings. The lowest BCUT2D eigenvalue weighted by Crippen LogP contribution is -2.03. The number of para-hydroxylation sites is 2. The molecule has 1 N–H and O–H groups in total. The van der Waals surface area contributed by atoms with Crippen molar-refractivity contribution in [1.82, 2.24) is 9.78 Å². The van der Waals surface area contributed by atoms with E-state index in [1.165, 1.54) is 5.56 Å². The summed E-state index contributed by atoms with van der Waals surface area (Å²) in [6.07, 6.45) is 2.50. The molecule has 2 aromatic carbocycles. The van der Waals surface area contributed by atoms with E-state index in [9.17, 15) is 4.79 Å². The van der Waals surface area contributed by atoms with E-state index in [1.807, 2.05) is 75.8 Å². The van der Waals surface area contributed by atoms with E-state index in [0.717, 1.165) is 22.3 Å². The molecular formula is C19H25N3O. The third kappa shape index (κ3) is 4.19. The van der Waals surface area contributed by atoms with Gasteiger partial charge in [-0.25, -0.2) is 4.68 Å². The summed E-state index contributed by atoms with van der Waals surface area (Å²) >= 11 is 0. The standard InChI is InChI=1S/C15H13N3O.2C2H6/c1-11-6-7-12-9-17-18(15(12)8-11)14-5-3-2-4-13(14)16-10-19;2*1-2/h2-10H,1H3,(H,16,19);2*1-2H3. The van der Waals surface area contributed by atoms with E-state index in [4.69, 9.17) is 0 Å². The lowest BCUT2D eigenvalue weighted by Gasteiger charge is -2.09. The first-order valence-corrected chi connectivity index (χ1v) is 8.03. The molecule has 4 nitrogen and oxygen atoms in total. The second kappa shape index (κ2) is 9.41. The second-order valence-electron chi connectivity index (χ2n) is 4.40. The molecule has 3 aromatic rings. The van der Waals surface area contributed by atoms with Crippen LogP contribution in [-0.4, -0.2) is 16.2 Å². The summed E-state index contributed by atoms with van der Waals surface area (Å²) in [5, 5.41) is 8.19. The van der Waals surface area contributed by atoms with E-state index in [1.54, 1.807) is 0 Å². The average molecular weight is 311 g/mol. The van der Waals surface area contributed by atoms with Crippen molar-refractivity contribution < 1.29 is 4.79 Å². The van der Waals surface area contributed by atoms with Gasteiger partial charge < -0.3 is 5.32 Å². The van der Waals surface area contributed by atoms with Gasteiger partial charge in [0.1, 0.15) is 0 Å². The van der Waals surface area contributed by atoms with Gasteiger partial charge in [0.05, 0.1) is 23.1 Å². The van der Waals surface area contributed by atoms with E-state index < -0.39 is 0 Å². The highest BCUT2D eigenvalue weighted by molar-refractivity contribution is 5.84. The highest BCUT2D eigenvalue weighted by Gasteiger charge is 2.08. The first kappa shape index (κ1) is 18.4. The Morgan fingerprint density at radius 2 is 1.74 bits per heavy atom. The number of carbonyl (C=O) groups excluding carboxylic acids is 1. The van der Waals surface area contributed by atoms with Crippen molar-refractivity contribution in [2.75, 3.05) is 5.32 Å². The summed E-state index contributed by atoms with van der Waals surface area (Å²) in [5.74, 6) is 0. The largest absolute Gasteiger partial charge is 0.327 e. The smallest absolute Gasteiger partial charge is 0.211 e. The number of rotatable bonds is 3. The molecule has 3 rings (SSSR count). The maximum absolute atomic E-state index is 10.7. The molecule has 0 saturated carbocycles. The van der Waals surface area contributed by atoms with Crippen molar-refractivity contribution in [3.05, 3.63) is 54.2 Å². The van der Waals surface area contributed by atoms with Crippen LogP contribution in [0.15, 0.2) is 48.7 Å². The van der Waals surface area contributed by atoms with Crippen LogP contribution in [-0.2, 0) is 4.79 Å². The molecule has 4 heteroatoms. The maximum Gasteiger partial charge on any atom is 0.211 e. The SMILES string of the molecule is CC.CC.Cc1ccc2cnn(-c3ccccc3NC=O)c2c1. The number of hydrogen-bond acceptors (Lipinski definition) is 2. The van der Waals surface area contributed by atoms with Gasteiger partial charge >= 0.3 is 0 Å². The van der Waals surface area contributed by atoms with Crippen molar-refractivity contribution in [3.63, 3.8) is 0 Å². The molecule has 0 unspecified atom stereocenters. The molecule has 0 spiro atoms. The van der Waals surface area contributed by atoms with Crippen LogP contribution in [0.4, 0.5) is 5.69 Å². The summed E-state index contributed by atoms with van der Waals surface area (Å²) < 4.78 is 1.84. The number of aryl methyl sites for hydroxylation is 1. The Hall–Kier alpha value is -2.62. The molecule has 1 aromatic heterocycles. The first-order chi connectivity index (χ1) is 11.3. The van der Waals surface area contributed by atoms with Crippen LogP contribution in [0.5, 0.6) is 0 Å². The zero-order valence-corrected chi connectivity index (χ0v) is 14.5. The van der Waals surface area contributed by atoms with Crippen molar-refractivity contribution in [1.29, 1.82) is 0 Å². The molecule has 0 bridgehead atoms. The van der Waals surface area contributed by atoms with Gasteiger partial charge in [0.2, 0.25) is 6.41 Å². The lowest BCUT2D eigenvalue weighted by molar-refractivity contribution is -0.105.